The summed E-state index contributed by atoms with van der Waals surface area (Å²) in [6.45, 7) is 1.95. The number of hydrogen-bond acceptors (Lipinski definition) is 6. The number of nitrogens with zero attached hydrogens (tertiary/aromatic N) is 2. The highest BCUT2D eigenvalue weighted by Crippen LogP contribution is 2.40. The summed E-state index contributed by atoms with van der Waals surface area (Å²) < 4.78 is 10.7. The van der Waals surface area contributed by atoms with Gasteiger partial charge < -0.3 is 19.7 Å². The van der Waals surface area contributed by atoms with E-state index in [0.717, 1.165) is 24.2 Å². The average molecular weight is 415 g/mol. The van der Waals surface area contributed by atoms with Gasteiger partial charge in [0.05, 0.1) is 6.61 Å². The summed E-state index contributed by atoms with van der Waals surface area (Å²) in [6.07, 6.45) is 3.20. The van der Waals surface area contributed by atoms with Crippen LogP contribution >= 0.6 is 0 Å². The monoisotopic (exact) mass is 415 g/mol. The molecular formula is C21H25N3O6. The van der Waals surface area contributed by atoms with E-state index in [1.54, 1.807) is 29.2 Å². The summed E-state index contributed by atoms with van der Waals surface area (Å²) in [6, 6.07) is 6.47. The minimum atomic E-state index is -1.24. The fourth-order valence-electron chi connectivity index (χ4n) is 4.38. The molecule has 1 N–H and O–H groups in total. The number of carbonyl (C=O) groups is 4. The van der Waals surface area contributed by atoms with Crippen LogP contribution in [0.25, 0.3) is 0 Å². The van der Waals surface area contributed by atoms with Gasteiger partial charge in [0.2, 0.25) is 0 Å². The Hall–Kier alpha value is -3.10. The molecule has 0 radical (unpaired) electrons. The number of fused-ring (bicyclic) bond motifs is 2. The van der Waals surface area contributed by atoms with E-state index in [1.165, 1.54) is 0 Å². The molecule has 3 aliphatic heterocycles. The molecule has 9 nitrogen and oxygen atoms in total. The zero-order valence-corrected chi connectivity index (χ0v) is 16.9. The molecule has 4 rings (SSSR count). The van der Waals surface area contributed by atoms with E-state index < -0.39 is 36.6 Å². The maximum atomic E-state index is 13.1. The fourth-order valence-corrected chi connectivity index (χ4v) is 4.38. The molecule has 3 aliphatic rings. The highest BCUT2D eigenvalue weighted by atomic mass is 16.5. The Morgan fingerprint density at radius 2 is 2.07 bits per heavy atom. The molecule has 2 atom stereocenters. The van der Waals surface area contributed by atoms with Gasteiger partial charge in [-0.15, -0.1) is 0 Å². The Labute approximate surface area is 174 Å². The number of esters is 1. The Bertz CT molecular complexity index is 887. The molecule has 3 heterocycles. The first-order valence-electron chi connectivity index (χ1n) is 10.2. The van der Waals surface area contributed by atoms with Gasteiger partial charge >= 0.3 is 12.0 Å². The van der Waals surface area contributed by atoms with Gasteiger partial charge in [0.1, 0.15) is 12.3 Å². The fraction of sp³-hybridized carbons (Fsp3) is 0.524. The summed E-state index contributed by atoms with van der Waals surface area (Å²) in [5.74, 6) is -1.05. The van der Waals surface area contributed by atoms with Crippen molar-refractivity contribution >= 4 is 23.8 Å². The van der Waals surface area contributed by atoms with E-state index in [9.17, 15) is 19.2 Å². The highest BCUT2D eigenvalue weighted by Gasteiger charge is 2.55. The third kappa shape index (κ3) is 3.48. The summed E-state index contributed by atoms with van der Waals surface area (Å²) >= 11 is 0. The van der Waals surface area contributed by atoms with Crippen LogP contribution in [0.5, 0.6) is 5.75 Å². The van der Waals surface area contributed by atoms with Gasteiger partial charge in [-0.05, 0) is 32.3 Å². The third-order valence-electron chi connectivity index (χ3n) is 6.02. The van der Waals surface area contributed by atoms with E-state index in [2.05, 4.69) is 5.32 Å². The van der Waals surface area contributed by atoms with E-state index in [1.807, 2.05) is 6.92 Å². The largest absolute Gasteiger partial charge is 0.493 e. The molecule has 0 unspecified atom stereocenters. The van der Waals surface area contributed by atoms with Gasteiger partial charge in [-0.3, -0.25) is 19.3 Å². The van der Waals surface area contributed by atoms with Crippen LogP contribution in [0, 0.1) is 0 Å². The van der Waals surface area contributed by atoms with E-state index >= 15 is 0 Å². The predicted octanol–water partition coefficient (Wildman–Crippen LogP) is 1.16. The van der Waals surface area contributed by atoms with Crippen molar-refractivity contribution in [2.45, 2.75) is 44.2 Å². The molecular weight excluding hydrogens is 390 g/mol. The molecule has 30 heavy (non-hydrogen) atoms. The lowest BCUT2D eigenvalue weighted by atomic mass is 9.84. The van der Waals surface area contributed by atoms with E-state index in [0.29, 0.717) is 17.9 Å². The van der Waals surface area contributed by atoms with Crippen molar-refractivity contribution < 1.29 is 28.7 Å². The lowest BCUT2D eigenvalue weighted by Gasteiger charge is -2.33. The molecule has 9 heteroatoms. The topological polar surface area (TPSA) is 105 Å². The standard InChI is InChI=1S/C21H25N3O6/c1-14-6-4-5-10-23(14)17(25)13-30-18(26)12-24-19(27)21(22-20(24)28)9-11-29-16-8-3-2-7-15(16)21/h2-3,7-8,14H,4-6,9-13H2,1H3,(H,22,28)/t14-,21-/m0/s1. The van der Waals surface area contributed by atoms with Crippen molar-refractivity contribution in [3.8, 4) is 5.75 Å². The number of carbonyl (C=O) groups excluding carboxylic acids is 4. The summed E-state index contributed by atoms with van der Waals surface area (Å²) in [7, 11) is 0. The van der Waals surface area contributed by atoms with Gasteiger partial charge in [-0.1, -0.05) is 18.2 Å². The molecule has 2 fully saturated rings. The van der Waals surface area contributed by atoms with Crippen molar-refractivity contribution in [1.82, 2.24) is 15.1 Å². The number of amides is 4. The molecule has 4 amide bonds. The normalized spacial score (nSPS) is 25.6. The lowest BCUT2D eigenvalue weighted by Crippen LogP contribution is -2.48. The van der Waals surface area contributed by atoms with Gasteiger partial charge in [-0.25, -0.2) is 4.79 Å². The van der Waals surface area contributed by atoms with Gasteiger partial charge in [-0.2, -0.15) is 0 Å². The molecule has 160 valence electrons. The number of likely N-dealkylation sites (tertiary alicyclic amines) is 1. The zero-order chi connectivity index (χ0) is 21.3. The van der Waals surface area contributed by atoms with Gasteiger partial charge in [0.15, 0.2) is 12.1 Å². The van der Waals surface area contributed by atoms with Crippen molar-refractivity contribution in [1.29, 1.82) is 0 Å². The molecule has 0 aromatic heterocycles. The average Bonchev–Trinajstić information content (AvgIpc) is 2.97. The summed E-state index contributed by atoms with van der Waals surface area (Å²) in [5, 5.41) is 2.73. The summed E-state index contributed by atoms with van der Waals surface area (Å²) in [5.41, 5.74) is -0.676. The van der Waals surface area contributed by atoms with Crippen LogP contribution < -0.4 is 10.1 Å². The first-order valence-corrected chi connectivity index (χ1v) is 10.2. The van der Waals surface area contributed by atoms with Crippen molar-refractivity contribution in [3.05, 3.63) is 29.8 Å². The molecule has 1 spiro atoms. The van der Waals surface area contributed by atoms with Crippen LogP contribution in [0.1, 0.15) is 38.2 Å². The minimum absolute atomic E-state index is 0.115. The molecule has 2 saturated heterocycles. The molecule has 0 saturated carbocycles. The van der Waals surface area contributed by atoms with Crippen LogP contribution in [-0.2, 0) is 24.7 Å². The predicted molar refractivity (Wildman–Crippen MR) is 104 cm³/mol. The van der Waals surface area contributed by atoms with Crippen molar-refractivity contribution in [2.75, 3.05) is 26.3 Å². The van der Waals surface area contributed by atoms with Crippen LogP contribution in [-0.4, -0.2) is 66.0 Å². The first kappa shape index (κ1) is 20.2. The highest BCUT2D eigenvalue weighted by molar-refractivity contribution is 6.09. The zero-order valence-electron chi connectivity index (χ0n) is 16.9. The van der Waals surface area contributed by atoms with Crippen molar-refractivity contribution in [2.24, 2.45) is 0 Å². The smallest absolute Gasteiger partial charge is 0.326 e. The maximum Gasteiger partial charge on any atom is 0.326 e. The Morgan fingerprint density at radius 1 is 1.27 bits per heavy atom. The SMILES string of the molecule is C[C@H]1CCCCN1C(=O)COC(=O)CN1C(=O)N[C@]2(CCOc3ccccc32)C1=O. The summed E-state index contributed by atoms with van der Waals surface area (Å²) in [4.78, 5) is 52.8. The quantitative estimate of drug-likeness (QED) is 0.584. The Morgan fingerprint density at radius 3 is 2.87 bits per heavy atom. The Kier molecular flexibility index (Phi) is 5.36. The number of ether oxygens (including phenoxy) is 2. The van der Waals surface area contributed by atoms with Gasteiger partial charge in [0.25, 0.3) is 11.8 Å². The van der Waals surface area contributed by atoms with E-state index in [4.69, 9.17) is 9.47 Å². The number of nitrogens with one attached hydrogen (secondary N) is 1. The van der Waals surface area contributed by atoms with Crippen LogP contribution in [0.15, 0.2) is 24.3 Å². The number of rotatable bonds is 4. The third-order valence-corrected chi connectivity index (χ3v) is 6.02. The number of urea groups is 1. The molecule has 1 aromatic carbocycles. The van der Waals surface area contributed by atoms with Crippen LogP contribution in [0.2, 0.25) is 0 Å². The second-order valence-corrected chi connectivity index (χ2v) is 7.91. The van der Waals surface area contributed by atoms with Crippen LogP contribution in [0.4, 0.5) is 4.79 Å². The first-order chi connectivity index (χ1) is 14.4. The van der Waals surface area contributed by atoms with Crippen molar-refractivity contribution in [3.63, 3.8) is 0 Å². The molecule has 1 aromatic rings. The lowest BCUT2D eigenvalue weighted by molar-refractivity contribution is -0.155. The molecule has 0 bridgehead atoms. The number of hydrogen-bond donors (Lipinski definition) is 1. The minimum Gasteiger partial charge on any atom is -0.493 e. The second-order valence-electron chi connectivity index (χ2n) is 7.91. The second kappa shape index (κ2) is 7.97. The maximum absolute atomic E-state index is 13.1. The number of piperidine rings is 1. The van der Waals surface area contributed by atoms with Crippen LogP contribution in [0.3, 0.4) is 0 Å². The molecule has 0 aliphatic carbocycles. The van der Waals surface area contributed by atoms with Gasteiger partial charge in [0, 0.05) is 24.6 Å². The Balaban J connectivity index is 1.40. The number of para-hydroxylation sites is 1. The van der Waals surface area contributed by atoms with E-state index in [-0.39, 0.29) is 25.0 Å². The number of benzene rings is 1. The number of imide groups is 1.